The lowest BCUT2D eigenvalue weighted by molar-refractivity contribution is 0.783. The smallest absolute Gasteiger partial charge is 0.104 e. The van der Waals surface area contributed by atoms with Crippen molar-refractivity contribution in [3.8, 4) is 62.2 Å². The number of hydrogen-bond acceptors (Lipinski definition) is 3. The van der Waals surface area contributed by atoms with Crippen molar-refractivity contribution < 1.29 is 0 Å². The number of benzene rings is 11. The third kappa shape index (κ3) is 6.39. The molecule has 7 nitrogen and oxygen atoms in total. The Bertz CT molecular complexity index is 5760. The number of aromatic nitrogens is 6. The van der Waals surface area contributed by atoms with Gasteiger partial charge in [-0.3, -0.25) is 9.97 Å². The van der Waals surface area contributed by atoms with Gasteiger partial charge in [0.25, 0.3) is 0 Å². The molecular formula is C82H53N7. The number of para-hydroxylation sites is 4. The summed E-state index contributed by atoms with van der Waals surface area (Å²) < 4.78 is 9.93. The fourth-order valence-corrected chi connectivity index (χ4v) is 16.4. The van der Waals surface area contributed by atoms with Crippen LogP contribution in [-0.2, 0) is 5.41 Å². The molecular weight excluding hydrogens is 1080 g/mol. The summed E-state index contributed by atoms with van der Waals surface area (Å²) in [5, 5.41) is 22.3. The first-order valence-corrected chi connectivity index (χ1v) is 30.6. The van der Waals surface area contributed by atoms with Gasteiger partial charge in [-0.2, -0.15) is 5.26 Å². The highest BCUT2D eigenvalue weighted by atomic mass is 15.1. The topological polar surface area (TPSA) is 69.3 Å². The van der Waals surface area contributed by atoms with Crippen LogP contribution < -0.4 is 0 Å². The Hall–Kier alpha value is -11.6. The molecule has 1 spiro atoms. The molecule has 6 aromatic heterocycles. The number of pyridine rings is 2. The van der Waals surface area contributed by atoms with E-state index in [1.165, 1.54) is 16.7 Å². The zero-order valence-electron chi connectivity index (χ0n) is 49.3. The number of hydrogen-bond donors (Lipinski definition) is 0. The van der Waals surface area contributed by atoms with Gasteiger partial charge in [0.15, 0.2) is 0 Å². The summed E-state index contributed by atoms with van der Waals surface area (Å²) in [4.78, 5) is 9.91. The van der Waals surface area contributed by atoms with E-state index in [0.717, 1.165) is 171 Å². The monoisotopic (exact) mass is 1140 g/mol. The predicted octanol–water partition coefficient (Wildman–Crippen LogP) is 20.0. The van der Waals surface area contributed by atoms with Gasteiger partial charge in [-0.05, 0) is 163 Å². The van der Waals surface area contributed by atoms with Crippen LogP contribution in [0.3, 0.4) is 0 Å². The standard InChI is InChI=1S/C82H53N7/c1-47-28-32-72-59(40-47)53-16-6-11-24-68(53)86(72)78-63(44-83)79(87-69-25-12-7-17-54(69)60-41-48(2)29-33-73(60)87)81(89-71-27-14-9-19-56(71)62-43-50(4)31-35-75(62)89)77(80(78)88-70-26-13-8-18-55(70)61-42-49(3)30-34-74(61)88)58-21-15-23-65-76(58)57-20-5-10-22-64(57)82(65)66-45-84-38-36-51(66)52-37-39-85-46-67(52)82/h5-43,45-46H,1-4H3. The zero-order valence-corrected chi connectivity index (χ0v) is 49.3. The van der Waals surface area contributed by atoms with Gasteiger partial charge in [-0.15, -0.1) is 0 Å². The number of nitriles is 1. The molecule has 0 fully saturated rings. The summed E-state index contributed by atoms with van der Waals surface area (Å²) in [5.74, 6) is 0. The zero-order chi connectivity index (χ0) is 59.1. The molecule has 416 valence electrons. The fraction of sp³-hybridized carbons (Fsp3) is 0.0610. The Morgan fingerprint density at radius 1 is 0.303 bits per heavy atom. The molecule has 0 unspecified atom stereocenters. The maximum absolute atomic E-state index is 13.3. The Kier molecular flexibility index (Phi) is 10.0. The van der Waals surface area contributed by atoms with Crippen molar-refractivity contribution >= 4 is 87.2 Å². The van der Waals surface area contributed by atoms with Crippen LogP contribution in [0.1, 0.15) is 50.1 Å². The second-order valence-electron chi connectivity index (χ2n) is 24.6. The molecule has 0 atom stereocenters. The average Bonchev–Trinajstić information content (AvgIpc) is 1.55. The molecule has 2 aliphatic rings. The molecule has 2 aliphatic carbocycles. The van der Waals surface area contributed by atoms with E-state index in [-0.39, 0.29) is 0 Å². The van der Waals surface area contributed by atoms with E-state index in [1.807, 2.05) is 12.4 Å². The molecule has 89 heavy (non-hydrogen) atoms. The van der Waals surface area contributed by atoms with E-state index in [9.17, 15) is 5.26 Å². The van der Waals surface area contributed by atoms with Gasteiger partial charge >= 0.3 is 0 Å². The van der Waals surface area contributed by atoms with Crippen molar-refractivity contribution in [3.63, 3.8) is 0 Å². The van der Waals surface area contributed by atoms with E-state index in [0.29, 0.717) is 5.56 Å². The average molecular weight is 1140 g/mol. The van der Waals surface area contributed by atoms with Crippen LogP contribution in [0.4, 0.5) is 0 Å². The lowest BCUT2D eigenvalue weighted by atomic mass is 9.71. The highest BCUT2D eigenvalue weighted by Gasteiger charge is 2.53. The van der Waals surface area contributed by atoms with Crippen molar-refractivity contribution in [1.29, 1.82) is 5.26 Å². The highest BCUT2D eigenvalue weighted by molar-refractivity contribution is 6.18. The molecule has 19 rings (SSSR count). The minimum Gasteiger partial charge on any atom is -0.306 e. The minimum absolute atomic E-state index is 0.529. The molecule has 0 bridgehead atoms. The summed E-state index contributed by atoms with van der Waals surface area (Å²) in [7, 11) is 0. The number of rotatable bonds is 5. The summed E-state index contributed by atoms with van der Waals surface area (Å²) in [6.07, 6.45) is 8.03. The van der Waals surface area contributed by atoms with Gasteiger partial charge in [0.1, 0.15) is 11.6 Å². The Labute approximate surface area is 512 Å². The van der Waals surface area contributed by atoms with E-state index in [4.69, 9.17) is 9.97 Å². The molecule has 17 aromatic rings. The first-order chi connectivity index (χ1) is 43.8. The van der Waals surface area contributed by atoms with Crippen LogP contribution >= 0.6 is 0 Å². The quantitative estimate of drug-likeness (QED) is 0.172. The second-order valence-corrected chi connectivity index (χ2v) is 24.6. The molecule has 0 amide bonds. The summed E-state index contributed by atoms with van der Waals surface area (Å²) in [6, 6.07) is 86.3. The van der Waals surface area contributed by atoms with Crippen molar-refractivity contribution in [2.75, 3.05) is 0 Å². The van der Waals surface area contributed by atoms with Crippen LogP contribution in [-0.4, -0.2) is 28.2 Å². The molecule has 6 heterocycles. The van der Waals surface area contributed by atoms with Crippen LogP contribution in [0.2, 0.25) is 0 Å². The number of nitrogens with zero attached hydrogens (tertiary/aromatic N) is 7. The lowest BCUT2D eigenvalue weighted by Gasteiger charge is -2.31. The van der Waals surface area contributed by atoms with Gasteiger partial charge in [-0.1, -0.05) is 162 Å². The molecule has 7 heteroatoms. The first kappa shape index (κ1) is 49.6. The molecule has 11 aromatic carbocycles. The van der Waals surface area contributed by atoms with E-state index >= 15 is 0 Å². The maximum atomic E-state index is 13.3. The van der Waals surface area contributed by atoms with Gasteiger partial charge in [0.05, 0.1) is 72.3 Å². The molecule has 0 aliphatic heterocycles. The third-order valence-electron chi connectivity index (χ3n) is 19.8. The van der Waals surface area contributed by atoms with Gasteiger partial charge < -0.3 is 18.3 Å². The SMILES string of the molecule is Cc1ccc2c(c1)c1ccccc1n2-c1c(C#N)c(-n2c3ccccc3c3cc(C)ccc32)c(-n2c3ccccc3c3cc(C)ccc32)c(-c2cccc3c2-c2ccccc2C32c3cnccc3-c3ccncc32)c1-n1c2ccccc2c2cc(C)ccc21. The molecule has 0 saturated heterocycles. The van der Waals surface area contributed by atoms with Crippen molar-refractivity contribution in [2.24, 2.45) is 0 Å². The summed E-state index contributed by atoms with van der Waals surface area (Å²) in [6.45, 7) is 8.72. The van der Waals surface area contributed by atoms with Crippen LogP contribution in [0, 0.1) is 39.0 Å². The van der Waals surface area contributed by atoms with Crippen LogP contribution in [0.5, 0.6) is 0 Å². The minimum atomic E-state index is -0.780. The van der Waals surface area contributed by atoms with Crippen molar-refractivity contribution in [1.82, 2.24) is 28.2 Å². The van der Waals surface area contributed by atoms with Gasteiger partial charge in [-0.25, -0.2) is 0 Å². The molecule has 0 radical (unpaired) electrons. The van der Waals surface area contributed by atoms with Gasteiger partial charge in [0, 0.05) is 73.4 Å². The number of fused-ring (bicyclic) bond motifs is 22. The van der Waals surface area contributed by atoms with Crippen molar-refractivity contribution in [2.45, 2.75) is 33.1 Å². The predicted molar refractivity (Wildman–Crippen MR) is 365 cm³/mol. The second kappa shape index (κ2) is 18.0. The van der Waals surface area contributed by atoms with Gasteiger partial charge in [0.2, 0.25) is 0 Å². The van der Waals surface area contributed by atoms with Crippen LogP contribution in [0.25, 0.3) is 143 Å². The van der Waals surface area contributed by atoms with E-state index in [2.05, 4.69) is 289 Å². The van der Waals surface area contributed by atoms with E-state index < -0.39 is 5.41 Å². The fourth-order valence-electron chi connectivity index (χ4n) is 16.4. The third-order valence-corrected chi connectivity index (χ3v) is 19.8. The number of aryl methyl sites for hydroxylation is 4. The summed E-state index contributed by atoms with van der Waals surface area (Å²) >= 11 is 0. The Morgan fingerprint density at radius 3 is 1.07 bits per heavy atom. The molecule has 0 saturated carbocycles. The van der Waals surface area contributed by atoms with Crippen LogP contribution in [0.15, 0.2) is 249 Å². The molecule has 0 N–H and O–H groups in total. The summed E-state index contributed by atoms with van der Waals surface area (Å²) in [5.41, 5.74) is 27.0. The Morgan fingerprint density at radius 2 is 0.652 bits per heavy atom. The first-order valence-electron chi connectivity index (χ1n) is 30.6. The Balaban J connectivity index is 1.16. The maximum Gasteiger partial charge on any atom is 0.104 e. The van der Waals surface area contributed by atoms with Crippen molar-refractivity contribution in [3.05, 3.63) is 299 Å². The normalized spacial score (nSPS) is 13.0. The largest absolute Gasteiger partial charge is 0.306 e. The lowest BCUT2D eigenvalue weighted by Crippen LogP contribution is -2.26. The highest BCUT2D eigenvalue weighted by Crippen LogP contribution is 2.65. The van der Waals surface area contributed by atoms with E-state index in [1.54, 1.807) is 0 Å².